The number of hydrogen-bond acceptors (Lipinski definition) is 4. The van der Waals surface area contributed by atoms with Crippen LogP contribution in [0.25, 0.3) is 5.69 Å². The van der Waals surface area contributed by atoms with Crippen LogP contribution in [-0.4, -0.2) is 22.4 Å². The smallest absolute Gasteiger partial charge is 0.357 e. The molecule has 0 aliphatic heterocycles. The van der Waals surface area contributed by atoms with E-state index in [1.54, 1.807) is 17.7 Å². The molecule has 1 heterocycles. The second-order valence-corrected chi connectivity index (χ2v) is 6.03. The van der Waals surface area contributed by atoms with E-state index in [4.69, 9.17) is 9.47 Å². The highest BCUT2D eigenvalue weighted by Gasteiger charge is 2.18. The predicted molar refractivity (Wildman–Crippen MR) is 99.8 cm³/mol. The van der Waals surface area contributed by atoms with Crippen molar-refractivity contribution in [2.45, 2.75) is 27.4 Å². The quantitative estimate of drug-likeness (QED) is 0.624. The van der Waals surface area contributed by atoms with Crippen LogP contribution in [0, 0.1) is 13.8 Å². The summed E-state index contributed by atoms with van der Waals surface area (Å²) < 4.78 is 12.6. The Bertz CT molecular complexity index is 901. The lowest BCUT2D eigenvalue weighted by Crippen LogP contribution is -2.13. The summed E-state index contributed by atoms with van der Waals surface area (Å²) in [6.07, 6.45) is 0. The summed E-state index contributed by atoms with van der Waals surface area (Å²) in [6.45, 7) is 6.40. The van der Waals surface area contributed by atoms with Gasteiger partial charge >= 0.3 is 5.97 Å². The van der Waals surface area contributed by atoms with Crippen LogP contribution < -0.4 is 4.74 Å². The molecule has 2 aromatic carbocycles. The van der Waals surface area contributed by atoms with E-state index >= 15 is 0 Å². The van der Waals surface area contributed by atoms with Crippen molar-refractivity contribution in [2.75, 3.05) is 6.61 Å². The van der Waals surface area contributed by atoms with E-state index in [-0.39, 0.29) is 5.97 Å². The molecule has 0 saturated heterocycles. The van der Waals surface area contributed by atoms with Crippen molar-refractivity contribution in [3.05, 3.63) is 77.1 Å². The van der Waals surface area contributed by atoms with Gasteiger partial charge in [-0.05, 0) is 56.2 Å². The number of carbonyl (C=O) groups excluding carboxylic acids is 1. The van der Waals surface area contributed by atoms with Gasteiger partial charge in [0.05, 0.1) is 18.0 Å². The second kappa shape index (κ2) is 7.87. The molecular weight excluding hydrogens is 328 g/mol. The number of rotatable bonds is 6. The molecule has 0 aliphatic rings. The van der Waals surface area contributed by atoms with Crippen molar-refractivity contribution >= 4 is 5.97 Å². The summed E-state index contributed by atoms with van der Waals surface area (Å²) in [4.78, 5) is 12.3. The number of para-hydroxylation sites is 1. The van der Waals surface area contributed by atoms with Crippen LogP contribution in [0.5, 0.6) is 5.75 Å². The summed E-state index contributed by atoms with van der Waals surface area (Å²) in [5.74, 6) is 0.440. The molecule has 0 unspecified atom stereocenters. The maximum absolute atomic E-state index is 12.3. The van der Waals surface area contributed by atoms with Crippen LogP contribution in [-0.2, 0) is 11.3 Å². The molecule has 1 aromatic heterocycles. The molecule has 0 N–H and O–H groups in total. The van der Waals surface area contributed by atoms with Gasteiger partial charge in [-0.25, -0.2) is 9.48 Å². The summed E-state index contributed by atoms with van der Waals surface area (Å²) >= 11 is 0. The Morgan fingerprint density at radius 3 is 2.58 bits per heavy atom. The first kappa shape index (κ1) is 17.7. The molecule has 0 saturated carbocycles. The third kappa shape index (κ3) is 3.94. The van der Waals surface area contributed by atoms with Crippen LogP contribution in [0.4, 0.5) is 0 Å². The average molecular weight is 350 g/mol. The largest absolute Gasteiger partial charge is 0.489 e. The molecule has 134 valence electrons. The van der Waals surface area contributed by atoms with Gasteiger partial charge in [0, 0.05) is 0 Å². The zero-order chi connectivity index (χ0) is 18.5. The van der Waals surface area contributed by atoms with Gasteiger partial charge in [0.2, 0.25) is 0 Å². The maximum Gasteiger partial charge on any atom is 0.357 e. The summed E-state index contributed by atoms with van der Waals surface area (Å²) in [6, 6.07) is 17.4. The summed E-state index contributed by atoms with van der Waals surface area (Å²) in [7, 11) is 0. The van der Waals surface area contributed by atoms with Gasteiger partial charge in [-0.3, -0.25) is 0 Å². The van der Waals surface area contributed by atoms with E-state index in [1.165, 1.54) is 0 Å². The van der Waals surface area contributed by atoms with Crippen LogP contribution in [0.1, 0.15) is 34.2 Å². The minimum absolute atomic E-state index is 0.326. The molecule has 0 fully saturated rings. The number of carbonyl (C=O) groups is 1. The standard InChI is InChI=1S/C21H22N2O3/c1-4-25-21(24)20-12-16(3)22-23(20)19-13-17(11-10-15(19)2)14-26-18-8-6-5-7-9-18/h5-13H,4,14H2,1-3H3. The molecule has 0 spiro atoms. The highest BCUT2D eigenvalue weighted by Crippen LogP contribution is 2.21. The van der Waals surface area contributed by atoms with Crippen molar-refractivity contribution in [3.8, 4) is 11.4 Å². The monoisotopic (exact) mass is 350 g/mol. The van der Waals surface area contributed by atoms with Crippen molar-refractivity contribution < 1.29 is 14.3 Å². The molecular formula is C21H22N2O3. The maximum atomic E-state index is 12.3. The molecule has 0 aliphatic carbocycles. The predicted octanol–water partition coefficient (Wildman–Crippen LogP) is 4.24. The van der Waals surface area contributed by atoms with E-state index in [0.717, 1.165) is 28.3 Å². The van der Waals surface area contributed by atoms with Crippen LogP contribution in [0.3, 0.4) is 0 Å². The van der Waals surface area contributed by atoms with Crippen molar-refractivity contribution in [1.82, 2.24) is 9.78 Å². The first-order valence-corrected chi connectivity index (χ1v) is 8.60. The van der Waals surface area contributed by atoms with Crippen LogP contribution >= 0.6 is 0 Å². The zero-order valence-corrected chi connectivity index (χ0v) is 15.2. The lowest BCUT2D eigenvalue weighted by Gasteiger charge is -2.12. The minimum atomic E-state index is -0.376. The molecule has 5 heteroatoms. The third-order valence-corrected chi connectivity index (χ3v) is 3.97. The van der Waals surface area contributed by atoms with Gasteiger partial charge in [0.25, 0.3) is 0 Å². The van der Waals surface area contributed by atoms with E-state index in [1.807, 2.05) is 62.4 Å². The van der Waals surface area contributed by atoms with E-state index in [9.17, 15) is 4.79 Å². The molecule has 0 radical (unpaired) electrons. The second-order valence-electron chi connectivity index (χ2n) is 6.03. The number of ether oxygens (including phenoxy) is 2. The number of aryl methyl sites for hydroxylation is 2. The van der Waals surface area contributed by atoms with Crippen LogP contribution in [0.15, 0.2) is 54.6 Å². The number of benzene rings is 2. The Labute approximate surface area is 153 Å². The fourth-order valence-electron chi connectivity index (χ4n) is 2.69. The topological polar surface area (TPSA) is 53.3 Å². The molecule has 0 amide bonds. The van der Waals surface area contributed by atoms with E-state index in [0.29, 0.717) is 18.9 Å². The Hall–Kier alpha value is -3.08. The Morgan fingerprint density at radius 1 is 1.08 bits per heavy atom. The highest BCUT2D eigenvalue weighted by molar-refractivity contribution is 5.88. The van der Waals surface area contributed by atoms with Gasteiger partial charge in [-0.15, -0.1) is 0 Å². The average Bonchev–Trinajstić information content (AvgIpc) is 3.04. The Balaban J connectivity index is 1.90. The van der Waals surface area contributed by atoms with Gasteiger partial charge in [0.15, 0.2) is 5.69 Å². The van der Waals surface area contributed by atoms with Gasteiger partial charge in [0.1, 0.15) is 12.4 Å². The van der Waals surface area contributed by atoms with Gasteiger partial charge < -0.3 is 9.47 Å². The molecule has 0 bridgehead atoms. The number of nitrogens with zero attached hydrogens (tertiary/aromatic N) is 2. The number of hydrogen-bond donors (Lipinski definition) is 0. The lowest BCUT2D eigenvalue weighted by atomic mass is 10.1. The normalized spacial score (nSPS) is 10.6. The highest BCUT2D eigenvalue weighted by atomic mass is 16.5. The fraction of sp³-hybridized carbons (Fsp3) is 0.238. The van der Waals surface area contributed by atoms with Gasteiger partial charge in [-0.1, -0.05) is 30.3 Å². The van der Waals surface area contributed by atoms with Crippen molar-refractivity contribution in [1.29, 1.82) is 0 Å². The minimum Gasteiger partial charge on any atom is -0.489 e. The molecule has 3 rings (SSSR count). The van der Waals surface area contributed by atoms with E-state index in [2.05, 4.69) is 5.10 Å². The molecule has 5 nitrogen and oxygen atoms in total. The molecule has 0 atom stereocenters. The number of esters is 1. The van der Waals surface area contributed by atoms with Crippen LogP contribution in [0.2, 0.25) is 0 Å². The molecule has 26 heavy (non-hydrogen) atoms. The first-order valence-electron chi connectivity index (χ1n) is 8.60. The molecule has 3 aromatic rings. The summed E-state index contributed by atoms with van der Waals surface area (Å²) in [5.41, 5.74) is 4.04. The number of aromatic nitrogens is 2. The first-order chi connectivity index (χ1) is 12.6. The van der Waals surface area contributed by atoms with Gasteiger partial charge in [-0.2, -0.15) is 5.10 Å². The SMILES string of the molecule is CCOC(=O)c1cc(C)nn1-c1cc(COc2ccccc2)ccc1C. The fourth-order valence-corrected chi connectivity index (χ4v) is 2.69. The lowest BCUT2D eigenvalue weighted by molar-refractivity contribution is 0.0515. The van der Waals surface area contributed by atoms with E-state index < -0.39 is 0 Å². The summed E-state index contributed by atoms with van der Waals surface area (Å²) in [5, 5.41) is 4.48. The van der Waals surface area contributed by atoms with Crippen molar-refractivity contribution in [2.24, 2.45) is 0 Å². The Kier molecular flexibility index (Phi) is 5.37. The third-order valence-electron chi connectivity index (χ3n) is 3.97. The zero-order valence-electron chi connectivity index (χ0n) is 15.2. The Morgan fingerprint density at radius 2 is 1.85 bits per heavy atom. The van der Waals surface area contributed by atoms with Crippen molar-refractivity contribution in [3.63, 3.8) is 0 Å².